The van der Waals surface area contributed by atoms with Gasteiger partial charge in [-0.3, -0.25) is 4.79 Å². The predicted molar refractivity (Wildman–Crippen MR) is 103 cm³/mol. The highest BCUT2D eigenvalue weighted by molar-refractivity contribution is 6.32. The first kappa shape index (κ1) is 19.0. The number of fused-ring (bicyclic) bond motifs is 1. The molecule has 5 nitrogen and oxygen atoms in total. The van der Waals surface area contributed by atoms with Crippen LogP contribution in [0.2, 0.25) is 5.02 Å². The molecule has 0 aliphatic carbocycles. The Balaban J connectivity index is 1.95. The number of hydrogen-bond acceptors (Lipinski definition) is 5. The topological polar surface area (TPSA) is 65.7 Å². The third-order valence-corrected chi connectivity index (χ3v) is 4.66. The van der Waals surface area contributed by atoms with Crippen LogP contribution in [0.1, 0.15) is 22.3 Å². The van der Waals surface area contributed by atoms with Crippen molar-refractivity contribution in [1.29, 1.82) is 0 Å². The minimum absolute atomic E-state index is 0.149. The van der Waals surface area contributed by atoms with Crippen LogP contribution in [0.25, 0.3) is 11.0 Å². The molecule has 0 bridgehead atoms. The Morgan fingerprint density at radius 2 is 1.96 bits per heavy atom. The maximum atomic E-state index is 12.3. The van der Waals surface area contributed by atoms with Gasteiger partial charge in [0.25, 0.3) is 0 Å². The molecule has 0 spiro atoms. The van der Waals surface area contributed by atoms with E-state index in [2.05, 4.69) is 4.74 Å². The van der Waals surface area contributed by atoms with Crippen LogP contribution in [0.15, 0.2) is 45.6 Å². The van der Waals surface area contributed by atoms with Crippen LogP contribution in [0.5, 0.6) is 5.75 Å². The van der Waals surface area contributed by atoms with Crippen LogP contribution in [-0.4, -0.2) is 13.1 Å². The van der Waals surface area contributed by atoms with Crippen molar-refractivity contribution in [3.05, 3.63) is 74.1 Å². The molecule has 3 aromatic rings. The third kappa shape index (κ3) is 4.14. The molecule has 3 rings (SSSR count). The summed E-state index contributed by atoms with van der Waals surface area (Å²) >= 11 is 6.36. The summed E-state index contributed by atoms with van der Waals surface area (Å²) in [5.74, 6) is -0.0807. The van der Waals surface area contributed by atoms with Crippen LogP contribution in [0.3, 0.4) is 0 Å². The maximum Gasteiger partial charge on any atom is 0.340 e. The standard InChI is InChI=1S/C21H19ClO5/c1-12-5-4-6-14(7-12)11-26-19-10-18-15(8-17(19)22)13(2)16(21(24)27-18)9-20(23)25-3/h4-8,10H,9,11H2,1-3H3. The molecule has 140 valence electrons. The van der Waals surface area contributed by atoms with Crippen LogP contribution in [0.4, 0.5) is 0 Å². The summed E-state index contributed by atoms with van der Waals surface area (Å²) in [7, 11) is 1.27. The monoisotopic (exact) mass is 386 g/mol. The smallest absolute Gasteiger partial charge is 0.340 e. The van der Waals surface area contributed by atoms with Gasteiger partial charge in [0.15, 0.2) is 0 Å². The van der Waals surface area contributed by atoms with Gasteiger partial charge in [-0.15, -0.1) is 0 Å². The lowest BCUT2D eigenvalue weighted by atomic mass is 10.0. The van der Waals surface area contributed by atoms with Crippen LogP contribution >= 0.6 is 11.6 Å². The Kier molecular flexibility index (Phi) is 5.51. The Morgan fingerprint density at radius 3 is 2.67 bits per heavy atom. The van der Waals surface area contributed by atoms with Crippen molar-refractivity contribution in [3.8, 4) is 5.75 Å². The number of aryl methyl sites for hydroxylation is 2. The molecule has 27 heavy (non-hydrogen) atoms. The second kappa shape index (κ2) is 7.84. The normalized spacial score (nSPS) is 10.8. The van der Waals surface area contributed by atoms with E-state index in [-0.39, 0.29) is 12.0 Å². The van der Waals surface area contributed by atoms with Gasteiger partial charge in [-0.05, 0) is 31.0 Å². The van der Waals surface area contributed by atoms with Crippen molar-refractivity contribution in [1.82, 2.24) is 0 Å². The van der Waals surface area contributed by atoms with Crippen molar-refractivity contribution >= 4 is 28.5 Å². The Morgan fingerprint density at radius 1 is 1.19 bits per heavy atom. The van der Waals surface area contributed by atoms with E-state index in [4.69, 9.17) is 20.8 Å². The average Bonchev–Trinajstić information content (AvgIpc) is 2.64. The van der Waals surface area contributed by atoms with E-state index < -0.39 is 11.6 Å². The Labute approximate surface area is 161 Å². The molecular weight excluding hydrogens is 368 g/mol. The summed E-state index contributed by atoms with van der Waals surface area (Å²) in [6.07, 6.45) is -0.149. The quantitative estimate of drug-likeness (QED) is 0.481. The van der Waals surface area contributed by atoms with Crippen LogP contribution in [0, 0.1) is 13.8 Å². The largest absolute Gasteiger partial charge is 0.487 e. The zero-order valence-electron chi connectivity index (χ0n) is 15.3. The first-order valence-electron chi connectivity index (χ1n) is 8.40. The molecule has 0 aliphatic heterocycles. The van der Waals surface area contributed by atoms with Gasteiger partial charge in [0, 0.05) is 11.5 Å². The summed E-state index contributed by atoms with van der Waals surface area (Å²) in [5, 5.41) is 1.05. The van der Waals surface area contributed by atoms with Gasteiger partial charge in [0.1, 0.15) is 17.9 Å². The summed E-state index contributed by atoms with van der Waals surface area (Å²) < 4.78 is 15.8. The molecule has 2 aromatic carbocycles. The lowest BCUT2D eigenvalue weighted by Gasteiger charge is -2.12. The molecule has 1 heterocycles. The van der Waals surface area contributed by atoms with E-state index in [1.54, 1.807) is 19.1 Å². The molecule has 1 aromatic heterocycles. The Bertz CT molecular complexity index is 1070. The molecule has 0 unspecified atom stereocenters. The van der Waals surface area contributed by atoms with Crippen molar-refractivity contribution in [2.75, 3.05) is 7.11 Å². The summed E-state index contributed by atoms with van der Waals surface area (Å²) in [5.41, 5.74) is 2.84. The first-order chi connectivity index (χ1) is 12.9. The minimum atomic E-state index is -0.572. The fourth-order valence-corrected chi connectivity index (χ4v) is 3.10. The number of methoxy groups -OCH3 is 1. The van der Waals surface area contributed by atoms with Crippen molar-refractivity contribution in [2.24, 2.45) is 0 Å². The fourth-order valence-electron chi connectivity index (χ4n) is 2.88. The van der Waals surface area contributed by atoms with Gasteiger partial charge in [0.2, 0.25) is 0 Å². The van der Waals surface area contributed by atoms with Crippen molar-refractivity contribution < 1.29 is 18.7 Å². The number of esters is 1. The second-order valence-corrected chi connectivity index (χ2v) is 6.71. The lowest BCUT2D eigenvalue weighted by Crippen LogP contribution is -2.16. The molecule has 0 fully saturated rings. The number of carbonyl (C=O) groups excluding carboxylic acids is 1. The number of halogens is 1. The number of ether oxygens (including phenoxy) is 2. The highest BCUT2D eigenvalue weighted by Crippen LogP contribution is 2.32. The lowest BCUT2D eigenvalue weighted by molar-refractivity contribution is -0.139. The molecular formula is C21H19ClO5. The number of rotatable bonds is 5. The molecule has 0 saturated heterocycles. The van der Waals surface area contributed by atoms with Gasteiger partial charge < -0.3 is 13.9 Å². The molecule has 0 radical (unpaired) electrons. The van der Waals surface area contributed by atoms with Gasteiger partial charge >= 0.3 is 11.6 Å². The molecule has 6 heteroatoms. The minimum Gasteiger partial charge on any atom is -0.487 e. The van der Waals surface area contributed by atoms with E-state index in [0.717, 1.165) is 11.1 Å². The number of hydrogen-bond donors (Lipinski definition) is 0. The van der Waals surface area contributed by atoms with E-state index in [1.165, 1.54) is 7.11 Å². The maximum absolute atomic E-state index is 12.3. The van der Waals surface area contributed by atoms with Gasteiger partial charge in [-0.1, -0.05) is 41.4 Å². The van der Waals surface area contributed by atoms with E-state index in [0.29, 0.717) is 33.9 Å². The summed E-state index contributed by atoms with van der Waals surface area (Å²) in [4.78, 5) is 23.8. The van der Waals surface area contributed by atoms with Crippen LogP contribution < -0.4 is 10.4 Å². The molecule has 0 amide bonds. The van der Waals surface area contributed by atoms with Crippen molar-refractivity contribution in [2.45, 2.75) is 26.9 Å². The van der Waals surface area contributed by atoms with Gasteiger partial charge in [0.05, 0.1) is 24.1 Å². The number of benzene rings is 2. The average molecular weight is 387 g/mol. The fraction of sp³-hybridized carbons (Fsp3) is 0.238. The number of carbonyl (C=O) groups is 1. The highest BCUT2D eigenvalue weighted by Gasteiger charge is 2.17. The molecule has 0 aliphatic rings. The second-order valence-electron chi connectivity index (χ2n) is 6.30. The predicted octanol–water partition coefficient (Wildman–Crippen LogP) is 4.36. The molecule has 0 atom stereocenters. The Hall–Kier alpha value is -2.79. The summed E-state index contributed by atoms with van der Waals surface area (Å²) in [6.45, 7) is 4.10. The van der Waals surface area contributed by atoms with E-state index in [9.17, 15) is 9.59 Å². The molecule has 0 N–H and O–H groups in total. The van der Waals surface area contributed by atoms with E-state index in [1.807, 2.05) is 31.2 Å². The van der Waals surface area contributed by atoms with Crippen molar-refractivity contribution in [3.63, 3.8) is 0 Å². The SMILES string of the molecule is COC(=O)Cc1c(C)c2cc(Cl)c(OCc3cccc(C)c3)cc2oc1=O. The first-order valence-corrected chi connectivity index (χ1v) is 8.78. The zero-order chi connectivity index (χ0) is 19.6. The van der Waals surface area contributed by atoms with Crippen LogP contribution in [-0.2, 0) is 22.6 Å². The van der Waals surface area contributed by atoms with E-state index >= 15 is 0 Å². The molecule has 0 saturated carbocycles. The van der Waals surface area contributed by atoms with Gasteiger partial charge in [-0.25, -0.2) is 4.79 Å². The van der Waals surface area contributed by atoms with Gasteiger partial charge in [-0.2, -0.15) is 0 Å². The summed E-state index contributed by atoms with van der Waals surface area (Å²) in [6, 6.07) is 11.2. The zero-order valence-corrected chi connectivity index (χ0v) is 16.1. The third-order valence-electron chi connectivity index (χ3n) is 4.37. The highest BCUT2D eigenvalue weighted by atomic mass is 35.5.